The Balaban J connectivity index is 1.60. The molecule has 1 saturated heterocycles. The first kappa shape index (κ1) is 31.0. The topological polar surface area (TPSA) is 193 Å². The van der Waals surface area contributed by atoms with Crippen molar-refractivity contribution in [1.29, 1.82) is 0 Å². The highest BCUT2D eigenvalue weighted by Gasteiger charge is 2.49. The Morgan fingerprint density at radius 1 is 1.12 bits per heavy atom. The fraction of sp³-hybridized carbons (Fsp3) is 0.556. The SMILES string of the molecule is CCC(CC)P(=O)(O)OC(C)(CC)C[C@H]1O[C@@H](c2c(Cn3cc(-c4ccccc4)nn3)[nH]c(=O)[nH]c2=O)[C@@H](O)C1O. The highest BCUT2D eigenvalue weighted by molar-refractivity contribution is 7.53. The first-order chi connectivity index (χ1) is 19.4. The van der Waals surface area contributed by atoms with Gasteiger partial charge in [0.1, 0.15) is 24.0 Å². The molecule has 1 fully saturated rings. The molecule has 0 saturated carbocycles. The summed E-state index contributed by atoms with van der Waals surface area (Å²) in [4.78, 5) is 40.6. The van der Waals surface area contributed by atoms with Gasteiger partial charge in [0.05, 0.1) is 41.4 Å². The van der Waals surface area contributed by atoms with Crippen molar-refractivity contribution < 1.29 is 28.9 Å². The summed E-state index contributed by atoms with van der Waals surface area (Å²) in [6, 6.07) is 9.34. The second kappa shape index (κ2) is 12.5. The van der Waals surface area contributed by atoms with Crippen LogP contribution in [-0.4, -0.2) is 69.6 Å². The molecule has 3 aromatic rings. The third-order valence-corrected chi connectivity index (χ3v) is 10.1. The molecule has 13 nitrogen and oxygen atoms in total. The van der Waals surface area contributed by atoms with E-state index in [1.165, 1.54) is 4.68 Å². The Morgan fingerprint density at radius 2 is 1.80 bits per heavy atom. The Morgan fingerprint density at radius 3 is 2.44 bits per heavy atom. The van der Waals surface area contributed by atoms with E-state index in [2.05, 4.69) is 20.3 Å². The maximum absolute atomic E-state index is 13.0. The third-order valence-electron chi connectivity index (χ3n) is 7.77. The number of nitrogens with one attached hydrogen (secondary N) is 2. The van der Waals surface area contributed by atoms with Crippen LogP contribution in [0, 0.1) is 0 Å². The minimum atomic E-state index is -4.00. The molecule has 4 rings (SSSR count). The van der Waals surface area contributed by atoms with E-state index in [9.17, 15) is 29.3 Å². The van der Waals surface area contributed by atoms with E-state index in [1.54, 1.807) is 20.0 Å². The predicted octanol–water partition coefficient (Wildman–Crippen LogP) is 2.48. The van der Waals surface area contributed by atoms with Gasteiger partial charge in [-0.2, -0.15) is 0 Å². The standard InChI is InChI=1S/C27H38N5O8P/c1-5-17(6-2)41(37,38)40-27(4,7-3)13-20-22(33)23(34)24(39-20)21-19(28-26(36)29-25(21)35)15-32-14-18(30-31-32)16-11-9-8-10-12-16/h8-12,14,17,20,22-24,33-34H,5-7,13,15H2,1-4H3,(H,37,38)(H2,28,29,35,36)/t20-,22?,23+,24+,27?/m1/s1. The molecule has 1 aromatic carbocycles. The maximum Gasteiger partial charge on any atom is 0.331 e. The smallest absolute Gasteiger partial charge is 0.331 e. The number of aromatic amines is 2. The van der Waals surface area contributed by atoms with Crippen molar-refractivity contribution in [2.75, 3.05) is 0 Å². The molecular weight excluding hydrogens is 553 g/mol. The summed E-state index contributed by atoms with van der Waals surface area (Å²) in [7, 11) is -4.00. The number of hydrogen-bond donors (Lipinski definition) is 5. The molecule has 41 heavy (non-hydrogen) atoms. The molecule has 3 heterocycles. The third kappa shape index (κ3) is 6.77. The van der Waals surface area contributed by atoms with E-state index in [-0.39, 0.29) is 24.2 Å². The quantitative estimate of drug-likeness (QED) is 0.195. The average Bonchev–Trinajstić information content (AvgIpc) is 3.49. The normalized spacial score (nSPS) is 23.9. The van der Waals surface area contributed by atoms with E-state index in [0.717, 1.165) is 5.56 Å². The zero-order valence-corrected chi connectivity index (χ0v) is 24.5. The van der Waals surface area contributed by atoms with Gasteiger partial charge in [-0.3, -0.25) is 14.3 Å². The van der Waals surface area contributed by atoms with E-state index < -0.39 is 54.5 Å². The minimum Gasteiger partial charge on any atom is -0.388 e. The van der Waals surface area contributed by atoms with Crippen molar-refractivity contribution >= 4 is 7.60 Å². The number of ether oxygens (including phenoxy) is 1. The Hall–Kier alpha value is -2.93. The van der Waals surface area contributed by atoms with Crippen molar-refractivity contribution in [2.24, 2.45) is 0 Å². The Labute approximate surface area is 237 Å². The van der Waals surface area contributed by atoms with Crippen LogP contribution in [0.4, 0.5) is 0 Å². The molecule has 1 aliphatic heterocycles. The second-order valence-corrected chi connectivity index (χ2v) is 12.7. The molecule has 0 radical (unpaired) electrons. The summed E-state index contributed by atoms with van der Waals surface area (Å²) < 4.78 is 26.3. The molecule has 3 unspecified atom stereocenters. The van der Waals surface area contributed by atoms with Crippen molar-refractivity contribution in [3.63, 3.8) is 0 Å². The number of benzene rings is 1. The largest absolute Gasteiger partial charge is 0.388 e. The van der Waals surface area contributed by atoms with Gasteiger partial charge in [0.2, 0.25) is 0 Å². The molecule has 224 valence electrons. The molecule has 0 spiro atoms. The number of aliphatic hydroxyl groups is 2. The van der Waals surface area contributed by atoms with Crippen molar-refractivity contribution in [3.8, 4) is 11.3 Å². The molecule has 0 amide bonds. The number of H-pyrrole nitrogens is 2. The van der Waals surface area contributed by atoms with Gasteiger partial charge in [0.25, 0.3) is 5.56 Å². The van der Waals surface area contributed by atoms with Crippen LogP contribution < -0.4 is 11.2 Å². The maximum atomic E-state index is 13.0. The zero-order valence-electron chi connectivity index (χ0n) is 23.6. The first-order valence-corrected chi connectivity index (χ1v) is 15.4. The summed E-state index contributed by atoms with van der Waals surface area (Å²) in [6.45, 7) is 7.00. The molecular formula is C27H38N5O8P. The average molecular weight is 592 g/mol. The number of hydrogen-bond acceptors (Lipinski definition) is 9. The summed E-state index contributed by atoms with van der Waals surface area (Å²) in [5.74, 6) is 0. The van der Waals surface area contributed by atoms with Crippen molar-refractivity contribution in [1.82, 2.24) is 25.0 Å². The van der Waals surface area contributed by atoms with Crippen LogP contribution in [0.15, 0.2) is 46.1 Å². The lowest BCUT2D eigenvalue weighted by Crippen LogP contribution is -2.39. The van der Waals surface area contributed by atoms with Gasteiger partial charge < -0.3 is 29.4 Å². The highest BCUT2D eigenvalue weighted by Crippen LogP contribution is 2.55. The van der Waals surface area contributed by atoms with Crippen LogP contribution in [0.3, 0.4) is 0 Å². The van der Waals surface area contributed by atoms with Crippen molar-refractivity contribution in [3.05, 3.63) is 68.6 Å². The molecule has 0 bridgehead atoms. The van der Waals surface area contributed by atoms with Crippen LogP contribution in [0.5, 0.6) is 0 Å². The second-order valence-electron chi connectivity index (χ2n) is 10.7. The fourth-order valence-electron chi connectivity index (χ4n) is 5.22. The van der Waals surface area contributed by atoms with E-state index in [0.29, 0.717) is 25.0 Å². The van der Waals surface area contributed by atoms with Crippen LogP contribution in [0.1, 0.15) is 70.7 Å². The molecule has 0 aliphatic carbocycles. The minimum absolute atomic E-state index is 0.0248. The van der Waals surface area contributed by atoms with E-state index in [4.69, 9.17) is 9.26 Å². The summed E-state index contributed by atoms with van der Waals surface area (Å²) in [5.41, 5.74) is -1.77. The summed E-state index contributed by atoms with van der Waals surface area (Å²) in [6.07, 6.45) is -2.42. The van der Waals surface area contributed by atoms with Crippen LogP contribution in [-0.2, 0) is 20.4 Å². The number of aromatic nitrogens is 5. The fourth-order valence-corrected chi connectivity index (χ4v) is 7.12. The van der Waals surface area contributed by atoms with Gasteiger partial charge in [0.15, 0.2) is 0 Å². The van der Waals surface area contributed by atoms with Gasteiger partial charge in [-0.05, 0) is 26.2 Å². The van der Waals surface area contributed by atoms with Crippen LogP contribution >= 0.6 is 7.60 Å². The van der Waals surface area contributed by atoms with Crippen LogP contribution in [0.2, 0.25) is 0 Å². The summed E-state index contributed by atoms with van der Waals surface area (Å²) in [5, 5.41) is 30.2. The zero-order chi connectivity index (χ0) is 29.9. The Kier molecular flexibility index (Phi) is 9.47. The first-order valence-electron chi connectivity index (χ1n) is 13.8. The molecule has 1 aliphatic rings. The van der Waals surface area contributed by atoms with E-state index in [1.807, 2.05) is 44.2 Å². The highest BCUT2D eigenvalue weighted by atomic mass is 31.2. The lowest BCUT2D eigenvalue weighted by molar-refractivity contribution is -0.0477. The van der Waals surface area contributed by atoms with E-state index >= 15 is 0 Å². The Bertz CT molecular complexity index is 1490. The van der Waals surface area contributed by atoms with Gasteiger partial charge in [-0.1, -0.05) is 56.3 Å². The molecule has 2 aromatic heterocycles. The van der Waals surface area contributed by atoms with Crippen LogP contribution in [0.25, 0.3) is 11.3 Å². The van der Waals surface area contributed by atoms with Gasteiger partial charge in [0, 0.05) is 12.0 Å². The predicted molar refractivity (Wildman–Crippen MR) is 150 cm³/mol. The molecule has 14 heteroatoms. The number of rotatable bonds is 12. The monoisotopic (exact) mass is 591 g/mol. The molecule has 5 N–H and O–H groups in total. The van der Waals surface area contributed by atoms with Crippen molar-refractivity contribution in [2.45, 2.75) is 95.6 Å². The van der Waals surface area contributed by atoms with Gasteiger partial charge in [-0.25, -0.2) is 9.48 Å². The lowest BCUT2D eigenvalue weighted by Gasteiger charge is -2.35. The number of nitrogens with zero attached hydrogens (tertiary/aromatic N) is 3. The van der Waals surface area contributed by atoms with Gasteiger partial charge >= 0.3 is 13.3 Å². The van der Waals surface area contributed by atoms with Gasteiger partial charge in [-0.15, -0.1) is 5.10 Å². The molecule has 6 atom stereocenters. The lowest BCUT2D eigenvalue weighted by atomic mass is 9.92. The summed E-state index contributed by atoms with van der Waals surface area (Å²) >= 11 is 0. The number of aliphatic hydroxyl groups excluding tert-OH is 2.